The molecular weight excluding hydrogens is 220 g/mol. The number of hydrogen-bond acceptors (Lipinski definition) is 2. The topological polar surface area (TPSA) is 38.9 Å². The summed E-state index contributed by atoms with van der Waals surface area (Å²) >= 11 is 6.17. The first-order valence-corrected chi connectivity index (χ1v) is 5.51. The van der Waals surface area contributed by atoms with Crippen LogP contribution in [0, 0.1) is 0 Å². The maximum atomic E-state index is 6.17. The van der Waals surface area contributed by atoms with Gasteiger partial charge in [0.05, 0.1) is 0 Å². The van der Waals surface area contributed by atoms with Gasteiger partial charge in [-0.2, -0.15) is 0 Å². The van der Waals surface area contributed by atoms with Crippen molar-refractivity contribution in [3.05, 3.63) is 53.3 Å². The molecule has 2 N–H and O–H groups in total. The molecule has 1 unspecified atom stereocenters. The number of pyridine rings is 1. The first-order valence-electron chi connectivity index (χ1n) is 5.14. The Morgan fingerprint density at radius 1 is 1.19 bits per heavy atom. The van der Waals surface area contributed by atoms with E-state index in [0.717, 1.165) is 21.7 Å². The number of nitrogens with zero attached hydrogens (tertiary/aromatic N) is 1. The Kier molecular flexibility index (Phi) is 3.22. The summed E-state index contributed by atoms with van der Waals surface area (Å²) in [6.07, 6.45) is 3.51. The van der Waals surface area contributed by atoms with Crippen molar-refractivity contribution >= 4 is 11.6 Å². The van der Waals surface area contributed by atoms with Crippen molar-refractivity contribution in [2.45, 2.75) is 13.0 Å². The van der Waals surface area contributed by atoms with Crippen molar-refractivity contribution in [3.8, 4) is 11.1 Å². The molecule has 0 spiro atoms. The van der Waals surface area contributed by atoms with Crippen LogP contribution in [0.4, 0.5) is 0 Å². The summed E-state index contributed by atoms with van der Waals surface area (Å²) in [5, 5.41) is 0.732. The Labute approximate surface area is 100 Å². The number of nitrogens with two attached hydrogens (primary N) is 1. The average Bonchev–Trinajstić information content (AvgIpc) is 2.30. The van der Waals surface area contributed by atoms with Crippen molar-refractivity contribution < 1.29 is 0 Å². The van der Waals surface area contributed by atoms with Crippen molar-refractivity contribution in [3.63, 3.8) is 0 Å². The Hall–Kier alpha value is -1.38. The number of aromatic nitrogens is 1. The quantitative estimate of drug-likeness (QED) is 0.862. The number of rotatable bonds is 2. The van der Waals surface area contributed by atoms with Gasteiger partial charge in [-0.3, -0.25) is 4.98 Å². The van der Waals surface area contributed by atoms with Crippen LogP contribution < -0.4 is 5.73 Å². The highest BCUT2D eigenvalue weighted by Gasteiger charge is 2.06. The van der Waals surface area contributed by atoms with Crippen LogP contribution in [0.5, 0.6) is 0 Å². The molecule has 0 bridgehead atoms. The minimum Gasteiger partial charge on any atom is -0.324 e. The summed E-state index contributed by atoms with van der Waals surface area (Å²) in [6, 6.07) is 9.76. The lowest BCUT2D eigenvalue weighted by Gasteiger charge is -2.10. The van der Waals surface area contributed by atoms with Gasteiger partial charge in [0, 0.05) is 29.0 Å². The molecule has 0 amide bonds. The maximum absolute atomic E-state index is 6.17. The number of halogens is 1. The van der Waals surface area contributed by atoms with Gasteiger partial charge >= 0.3 is 0 Å². The van der Waals surface area contributed by atoms with Gasteiger partial charge < -0.3 is 5.73 Å². The standard InChI is InChI=1S/C13H13ClN2/c1-9(15)11-2-3-13(14)12(8-11)10-4-6-16-7-5-10/h2-9H,15H2,1H3. The van der Waals surface area contributed by atoms with Crippen LogP contribution in [0.25, 0.3) is 11.1 Å². The molecule has 0 saturated heterocycles. The molecule has 2 nitrogen and oxygen atoms in total. The number of hydrogen-bond donors (Lipinski definition) is 1. The van der Waals surface area contributed by atoms with E-state index in [0.29, 0.717) is 0 Å². The van der Waals surface area contributed by atoms with Gasteiger partial charge in [-0.15, -0.1) is 0 Å². The van der Waals surface area contributed by atoms with Gasteiger partial charge in [0.2, 0.25) is 0 Å². The zero-order valence-electron chi connectivity index (χ0n) is 9.02. The lowest BCUT2D eigenvalue weighted by atomic mass is 10.0. The molecule has 0 aliphatic rings. The molecule has 0 aliphatic carbocycles. The normalized spacial score (nSPS) is 12.4. The fourth-order valence-corrected chi connectivity index (χ4v) is 1.81. The fraction of sp³-hybridized carbons (Fsp3) is 0.154. The molecule has 16 heavy (non-hydrogen) atoms. The summed E-state index contributed by atoms with van der Waals surface area (Å²) in [5.74, 6) is 0. The van der Waals surface area contributed by atoms with E-state index in [9.17, 15) is 0 Å². The minimum atomic E-state index is 0.0119. The zero-order chi connectivity index (χ0) is 11.5. The molecule has 2 aromatic rings. The largest absolute Gasteiger partial charge is 0.324 e. The van der Waals surface area contributed by atoms with Crippen LogP contribution in [0.15, 0.2) is 42.7 Å². The third kappa shape index (κ3) is 2.23. The first-order chi connectivity index (χ1) is 7.68. The molecule has 0 fully saturated rings. The van der Waals surface area contributed by atoms with E-state index < -0.39 is 0 Å². The van der Waals surface area contributed by atoms with E-state index >= 15 is 0 Å². The third-order valence-corrected chi connectivity index (χ3v) is 2.84. The molecule has 1 aromatic heterocycles. The second-order valence-electron chi connectivity index (χ2n) is 3.76. The Balaban J connectivity index is 2.52. The fourth-order valence-electron chi connectivity index (χ4n) is 1.58. The van der Waals surface area contributed by atoms with E-state index in [2.05, 4.69) is 4.98 Å². The molecule has 1 atom stereocenters. The monoisotopic (exact) mass is 232 g/mol. The molecule has 1 aromatic carbocycles. The van der Waals surface area contributed by atoms with E-state index in [1.54, 1.807) is 12.4 Å². The van der Waals surface area contributed by atoms with Gasteiger partial charge in [0.1, 0.15) is 0 Å². The average molecular weight is 233 g/mol. The van der Waals surface area contributed by atoms with E-state index in [4.69, 9.17) is 17.3 Å². The maximum Gasteiger partial charge on any atom is 0.0484 e. The summed E-state index contributed by atoms with van der Waals surface area (Å²) in [4.78, 5) is 3.99. The molecule has 82 valence electrons. The molecular formula is C13H13ClN2. The highest BCUT2D eigenvalue weighted by Crippen LogP contribution is 2.29. The predicted octanol–water partition coefficient (Wildman–Crippen LogP) is 3.42. The van der Waals surface area contributed by atoms with Crippen molar-refractivity contribution in [1.82, 2.24) is 4.98 Å². The predicted molar refractivity (Wildman–Crippen MR) is 67.3 cm³/mol. The summed E-state index contributed by atoms with van der Waals surface area (Å²) in [5.41, 5.74) is 8.99. The summed E-state index contributed by atoms with van der Waals surface area (Å²) < 4.78 is 0. The van der Waals surface area contributed by atoms with Crippen LogP contribution in [-0.4, -0.2) is 4.98 Å². The van der Waals surface area contributed by atoms with Gasteiger partial charge in [-0.1, -0.05) is 17.7 Å². The van der Waals surface area contributed by atoms with Gasteiger partial charge in [0.15, 0.2) is 0 Å². The summed E-state index contributed by atoms with van der Waals surface area (Å²) in [7, 11) is 0. The third-order valence-electron chi connectivity index (χ3n) is 2.51. The van der Waals surface area contributed by atoms with Crippen molar-refractivity contribution in [1.29, 1.82) is 0 Å². The Morgan fingerprint density at radius 2 is 1.88 bits per heavy atom. The molecule has 0 aliphatic heterocycles. The van der Waals surface area contributed by atoms with Crippen LogP contribution in [0.3, 0.4) is 0 Å². The molecule has 3 heteroatoms. The Morgan fingerprint density at radius 3 is 2.50 bits per heavy atom. The lowest BCUT2D eigenvalue weighted by Crippen LogP contribution is -2.04. The second kappa shape index (κ2) is 4.64. The highest BCUT2D eigenvalue weighted by atomic mass is 35.5. The van der Waals surface area contributed by atoms with Crippen molar-refractivity contribution in [2.24, 2.45) is 5.73 Å². The molecule has 0 radical (unpaired) electrons. The SMILES string of the molecule is CC(N)c1ccc(Cl)c(-c2ccncc2)c1. The van der Waals surface area contributed by atoms with Gasteiger partial charge in [-0.05, 0) is 42.3 Å². The van der Waals surface area contributed by atoms with Crippen LogP contribution in [-0.2, 0) is 0 Å². The minimum absolute atomic E-state index is 0.0119. The molecule has 2 rings (SSSR count). The smallest absolute Gasteiger partial charge is 0.0484 e. The van der Waals surface area contributed by atoms with Crippen LogP contribution in [0.2, 0.25) is 5.02 Å². The van der Waals surface area contributed by atoms with E-state index in [-0.39, 0.29) is 6.04 Å². The Bertz CT molecular complexity index is 481. The zero-order valence-corrected chi connectivity index (χ0v) is 9.78. The van der Waals surface area contributed by atoms with Crippen LogP contribution >= 0.6 is 11.6 Å². The summed E-state index contributed by atoms with van der Waals surface area (Å²) in [6.45, 7) is 1.96. The van der Waals surface area contributed by atoms with Crippen LogP contribution in [0.1, 0.15) is 18.5 Å². The molecule has 0 saturated carbocycles. The first kappa shape index (κ1) is 11.1. The van der Waals surface area contributed by atoms with E-state index in [1.165, 1.54) is 0 Å². The highest BCUT2D eigenvalue weighted by molar-refractivity contribution is 6.33. The number of benzene rings is 1. The molecule has 1 heterocycles. The van der Waals surface area contributed by atoms with Gasteiger partial charge in [0.25, 0.3) is 0 Å². The van der Waals surface area contributed by atoms with E-state index in [1.807, 2.05) is 37.3 Å². The van der Waals surface area contributed by atoms with Gasteiger partial charge in [-0.25, -0.2) is 0 Å². The second-order valence-corrected chi connectivity index (χ2v) is 4.17. The lowest BCUT2D eigenvalue weighted by molar-refractivity contribution is 0.819. The van der Waals surface area contributed by atoms with Crippen molar-refractivity contribution in [2.75, 3.05) is 0 Å².